The molecule has 1 aliphatic rings. The zero-order chi connectivity index (χ0) is 26.4. The van der Waals surface area contributed by atoms with Crippen molar-refractivity contribution in [2.24, 2.45) is 0 Å². The van der Waals surface area contributed by atoms with Crippen LogP contribution in [0.25, 0.3) is 27.1 Å². The topological polar surface area (TPSA) is 57.7 Å². The average molecular weight is 497 g/mol. The molecule has 5 heteroatoms. The summed E-state index contributed by atoms with van der Waals surface area (Å²) in [5.74, 6) is -1.27. The van der Waals surface area contributed by atoms with Crippen molar-refractivity contribution in [1.82, 2.24) is 0 Å². The van der Waals surface area contributed by atoms with Crippen LogP contribution in [0.4, 0.5) is 16.2 Å². The molecule has 5 aromatic carbocycles. The van der Waals surface area contributed by atoms with Gasteiger partial charge in [0.25, 0.3) is 11.8 Å². The van der Waals surface area contributed by atoms with Gasteiger partial charge in [-0.05, 0) is 70.8 Å². The van der Waals surface area contributed by atoms with Gasteiger partial charge in [-0.2, -0.15) is 0 Å². The second-order valence-corrected chi connectivity index (χ2v) is 9.49. The largest absolute Gasteiger partial charge is 0.343 e. The standard InChI is InChI=1S/C33H24N2O3/c1-21-11-13-23(14-12-21)22(2)30-31(36)34(28-17-15-24-7-3-5-9-26(24)19-28)33(38)35(32(30)37)29-18-16-25-8-4-6-10-27(25)20-29/h3-20H,1-2H3. The highest BCUT2D eigenvalue weighted by Crippen LogP contribution is 2.34. The third-order valence-electron chi connectivity index (χ3n) is 7.06. The number of anilines is 2. The van der Waals surface area contributed by atoms with Crippen molar-refractivity contribution in [3.63, 3.8) is 0 Å². The first kappa shape index (κ1) is 23.4. The van der Waals surface area contributed by atoms with E-state index in [-0.39, 0.29) is 5.57 Å². The molecule has 0 aromatic heterocycles. The highest BCUT2D eigenvalue weighted by atomic mass is 16.2. The number of rotatable bonds is 3. The number of urea groups is 1. The maximum Gasteiger partial charge on any atom is 0.343 e. The Morgan fingerprint density at radius 1 is 0.553 bits per heavy atom. The summed E-state index contributed by atoms with van der Waals surface area (Å²) < 4.78 is 0. The Balaban J connectivity index is 1.56. The molecular formula is C33H24N2O3. The highest BCUT2D eigenvalue weighted by molar-refractivity contribution is 6.47. The Hall–Kier alpha value is -5.03. The van der Waals surface area contributed by atoms with Crippen LogP contribution in [0.1, 0.15) is 18.1 Å². The third-order valence-corrected chi connectivity index (χ3v) is 7.06. The molecule has 38 heavy (non-hydrogen) atoms. The monoisotopic (exact) mass is 496 g/mol. The molecule has 0 N–H and O–H groups in total. The van der Waals surface area contributed by atoms with Gasteiger partial charge in [-0.25, -0.2) is 14.6 Å². The van der Waals surface area contributed by atoms with Gasteiger partial charge in [-0.15, -0.1) is 0 Å². The second-order valence-electron chi connectivity index (χ2n) is 9.49. The van der Waals surface area contributed by atoms with Crippen LogP contribution in [0, 0.1) is 6.92 Å². The van der Waals surface area contributed by atoms with E-state index in [2.05, 4.69) is 0 Å². The molecule has 0 bridgehead atoms. The molecule has 0 unspecified atom stereocenters. The van der Waals surface area contributed by atoms with E-state index in [1.54, 1.807) is 31.2 Å². The molecule has 0 radical (unpaired) electrons. The highest BCUT2D eigenvalue weighted by Gasteiger charge is 2.45. The number of hydrogen-bond donors (Lipinski definition) is 0. The van der Waals surface area contributed by atoms with Crippen LogP contribution < -0.4 is 9.80 Å². The van der Waals surface area contributed by atoms with Gasteiger partial charge in [0.05, 0.1) is 11.4 Å². The first-order valence-electron chi connectivity index (χ1n) is 12.4. The number of hydrogen-bond acceptors (Lipinski definition) is 3. The maximum absolute atomic E-state index is 14.0. The molecular weight excluding hydrogens is 472 g/mol. The second kappa shape index (κ2) is 9.12. The number of imide groups is 2. The number of nitrogens with zero attached hydrogens (tertiary/aromatic N) is 2. The average Bonchev–Trinajstić information content (AvgIpc) is 2.93. The SMILES string of the molecule is CC(=C1C(=O)N(c2ccc3ccccc3c2)C(=O)N(c2ccc3ccccc3c2)C1=O)c1ccc(C)cc1. The van der Waals surface area contributed by atoms with E-state index in [0.29, 0.717) is 16.9 Å². The first-order chi connectivity index (χ1) is 18.4. The molecule has 0 spiro atoms. The number of carbonyl (C=O) groups is 3. The fourth-order valence-electron chi connectivity index (χ4n) is 4.94. The minimum atomic E-state index is -0.703. The van der Waals surface area contributed by atoms with Gasteiger partial charge >= 0.3 is 6.03 Å². The normalized spacial score (nSPS) is 14.1. The lowest BCUT2D eigenvalue weighted by atomic mass is 9.96. The van der Waals surface area contributed by atoms with Crippen LogP contribution in [0.3, 0.4) is 0 Å². The first-order valence-corrected chi connectivity index (χ1v) is 12.4. The Bertz CT molecular complexity index is 1700. The van der Waals surface area contributed by atoms with Crippen molar-refractivity contribution in [3.8, 4) is 0 Å². The van der Waals surface area contributed by atoms with E-state index < -0.39 is 17.8 Å². The maximum atomic E-state index is 14.0. The van der Waals surface area contributed by atoms with Crippen LogP contribution in [0.2, 0.25) is 0 Å². The molecule has 4 amide bonds. The van der Waals surface area contributed by atoms with Crippen molar-refractivity contribution in [2.45, 2.75) is 13.8 Å². The quantitative estimate of drug-likeness (QED) is 0.195. The van der Waals surface area contributed by atoms with Crippen LogP contribution in [-0.2, 0) is 9.59 Å². The van der Waals surface area contributed by atoms with Crippen molar-refractivity contribution >= 4 is 56.3 Å². The summed E-state index contributed by atoms with van der Waals surface area (Å²) in [6.07, 6.45) is 0. The number of carbonyl (C=O) groups excluding carboxylic acids is 3. The van der Waals surface area contributed by atoms with Gasteiger partial charge in [0.1, 0.15) is 5.57 Å². The summed E-state index contributed by atoms with van der Waals surface area (Å²) >= 11 is 0. The van der Waals surface area contributed by atoms with E-state index in [0.717, 1.165) is 42.5 Å². The van der Waals surface area contributed by atoms with E-state index in [9.17, 15) is 14.4 Å². The van der Waals surface area contributed by atoms with E-state index in [1.807, 2.05) is 91.9 Å². The molecule has 184 valence electrons. The van der Waals surface area contributed by atoms with Crippen LogP contribution >= 0.6 is 0 Å². The lowest BCUT2D eigenvalue weighted by molar-refractivity contribution is -0.121. The van der Waals surface area contributed by atoms with E-state index in [1.165, 1.54) is 0 Å². The minimum Gasteiger partial charge on any atom is -0.268 e. The van der Waals surface area contributed by atoms with Gasteiger partial charge in [0.2, 0.25) is 0 Å². The Morgan fingerprint density at radius 3 is 1.47 bits per heavy atom. The van der Waals surface area contributed by atoms with Gasteiger partial charge in [-0.3, -0.25) is 9.59 Å². The summed E-state index contributed by atoms with van der Waals surface area (Å²) in [4.78, 5) is 44.1. The van der Waals surface area contributed by atoms with Crippen molar-refractivity contribution < 1.29 is 14.4 Å². The lowest BCUT2D eigenvalue weighted by Crippen LogP contribution is -2.57. The molecule has 0 atom stereocenters. The fourth-order valence-corrected chi connectivity index (χ4v) is 4.94. The lowest BCUT2D eigenvalue weighted by Gasteiger charge is -2.35. The zero-order valence-electron chi connectivity index (χ0n) is 21.0. The summed E-state index contributed by atoms with van der Waals surface area (Å²) in [5, 5.41) is 3.76. The molecule has 1 heterocycles. The Morgan fingerprint density at radius 2 is 1.00 bits per heavy atom. The smallest absolute Gasteiger partial charge is 0.268 e. The molecule has 5 aromatic rings. The molecule has 1 saturated heterocycles. The predicted molar refractivity (Wildman–Crippen MR) is 152 cm³/mol. The Kier molecular flexibility index (Phi) is 5.61. The van der Waals surface area contributed by atoms with E-state index in [4.69, 9.17) is 0 Å². The van der Waals surface area contributed by atoms with Gasteiger partial charge < -0.3 is 0 Å². The number of benzene rings is 5. The van der Waals surface area contributed by atoms with Gasteiger partial charge in [-0.1, -0.05) is 90.5 Å². The third kappa shape index (κ3) is 3.85. The molecule has 0 aliphatic carbocycles. The predicted octanol–water partition coefficient (Wildman–Crippen LogP) is 7.27. The molecule has 5 nitrogen and oxygen atoms in total. The number of barbiturate groups is 1. The summed E-state index contributed by atoms with van der Waals surface area (Å²) in [5.41, 5.74) is 3.12. The van der Waals surface area contributed by atoms with Crippen LogP contribution in [0.15, 0.2) is 115 Å². The van der Waals surface area contributed by atoms with Crippen LogP contribution in [0.5, 0.6) is 0 Å². The zero-order valence-corrected chi connectivity index (χ0v) is 21.0. The van der Waals surface area contributed by atoms with E-state index >= 15 is 0 Å². The molecule has 1 aliphatic heterocycles. The Labute approximate surface area is 220 Å². The summed E-state index contributed by atoms with van der Waals surface area (Å²) in [6.45, 7) is 3.73. The number of amides is 4. The molecule has 6 rings (SSSR count). The number of allylic oxidation sites excluding steroid dienone is 1. The fraction of sp³-hybridized carbons (Fsp3) is 0.0606. The number of aryl methyl sites for hydroxylation is 1. The summed E-state index contributed by atoms with van der Waals surface area (Å²) in [7, 11) is 0. The van der Waals surface area contributed by atoms with Gasteiger partial charge in [0.15, 0.2) is 0 Å². The molecule has 1 fully saturated rings. The van der Waals surface area contributed by atoms with Crippen LogP contribution in [-0.4, -0.2) is 17.8 Å². The minimum absolute atomic E-state index is 0.0326. The van der Waals surface area contributed by atoms with Gasteiger partial charge in [0, 0.05) is 0 Å². The van der Waals surface area contributed by atoms with Crippen molar-refractivity contribution in [1.29, 1.82) is 0 Å². The summed E-state index contributed by atoms with van der Waals surface area (Å²) in [6, 6.07) is 33.3. The molecule has 0 saturated carbocycles. The van der Waals surface area contributed by atoms with Crippen molar-refractivity contribution in [3.05, 3.63) is 126 Å². The van der Waals surface area contributed by atoms with Crippen molar-refractivity contribution in [2.75, 3.05) is 9.80 Å². The number of fused-ring (bicyclic) bond motifs is 2.